The van der Waals surface area contributed by atoms with E-state index in [1.54, 1.807) is 0 Å². The Morgan fingerprint density at radius 1 is 1.20 bits per heavy atom. The van der Waals surface area contributed by atoms with Crippen molar-refractivity contribution in [3.05, 3.63) is 10.2 Å². The zero-order valence-corrected chi connectivity index (χ0v) is 7.34. The highest BCUT2D eigenvalue weighted by atomic mass is 127. The van der Waals surface area contributed by atoms with Crippen molar-refractivity contribution in [1.29, 1.82) is 0 Å². The minimum Gasteiger partial charge on any atom is -0.193 e. The SMILES string of the molecule is FC(F)(Cl)C(F)(F)C=CI. The number of rotatable bonds is 2. The molecule has 0 heterocycles. The van der Waals surface area contributed by atoms with Crippen molar-refractivity contribution < 1.29 is 17.6 Å². The van der Waals surface area contributed by atoms with Crippen LogP contribution in [0.3, 0.4) is 0 Å². The monoisotopic (exact) mass is 288 g/mol. The molecule has 0 aliphatic rings. The maximum absolute atomic E-state index is 12.0. The fourth-order valence-electron chi connectivity index (χ4n) is 0.174. The number of hydrogen-bond acceptors (Lipinski definition) is 0. The lowest BCUT2D eigenvalue weighted by atomic mass is 10.3. The highest BCUT2D eigenvalue weighted by Gasteiger charge is 2.52. The van der Waals surface area contributed by atoms with Crippen LogP contribution in [0.15, 0.2) is 10.2 Å². The molecule has 0 unspecified atom stereocenters. The summed E-state index contributed by atoms with van der Waals surface area (Å²) in [7, 11) is 0. The van der Waals surface area contributed by atoms with Crippen LogP contribution in [0.2, 0.25) is 0 Å². The molecule has 0 aromatic carbocycles. The molecule has 0 saturated heterocycles. The van der Waals surface area contributed by atoms with E-state index in [0.29, 0.717) is 0 Å². The van der Waals surface area contributed by atoms with Gasteiger partial charge in [-0.2, -0.15) is 17.6 Å². The maximum Gasteiger partial charge on any atom is 0.387 e. The topological polar surface area (TPSA) is 0 Å². The summed E-state index contributed by atoms with van der Waals surface area (Å²) in [5, 5.41) is -4.51. The highest BCUT2D eigenvalue weighted by Crippen LogP contribution is 2.38. The molecule has 6 heteroatoms. The highest BCUT2D eigenvalue weighted by molar-refractivity contribution is 14.1. The second kappa shape index (κ2) is 3.25. The summed E-state index contributed by atoms with van der Waals surface area (Å²) in [4.78, 5) is 0. The van der Waals surface area contributed by atoms with Gasteiger partial charge in [0.2, 0.25) is 0 Å². The Kier molecular flexibility index (Phi) is 3.41. The van der Waals surface area contributed by atoms with Crippen molar-refractivity contribution in [3.63, 3.8) is 0 Å². The van der Waals surface area contributed by atoms with Gasteiger partial charge in [-0.15, -0.1) is 0 Å². The quantitative estimate of drug-likeness (QED) is 0.415. The average molecular weight is 288 g/mol. The lowest BCUT2D eigenvalue weighted by Crippen LogP contribution is -2.32. The normalized spacial score (nSPS) is 14.6. The molecule has 0 aromatic rings. The van der Waals surface area contributed by atoms with Gasteiger partial charge in [0.25, 0.3) is 0 Å². The summed E-state index contributed by atoms with van der Waals surface area (Å²) in [6.07, 6.45) is 0.0422. The molecule has 0 fully saturated rings. The Bertz CT molecular complexity index is 139. The van der Waals surface area contributed by atoms with Crippen molar-refractivity contribution in [2.24, 2.45) is 0 Å². The summed E-state index contributed by atoms with van der Waals surface area (Å²) in [5.41, 5.74) is 0. The summed E-state index contributed by atoms with van der Waals surface area (Å²) < 4.78 is 48.0. The van der Waals surface area contributed by atoms with Gasteiger partial charge < -0.3 is 0 Å². The van der Waals surface area contributed by atoms with Gasteiger partial charge in [0, 0.05) is 0 Å². The smallest absolute Gasteiger partial charge is 0.193 e. The van der Waals surface area contributed by atoms with Gasteiger partial charge in [-0.05, 0) is 21.8 Å². The fraction of sp³-hybridized carbons (Fsp3) is 0.500. The Hall–Kier alpha value is 0.480. The van der Waals surface area contributed by atoms with Crippen LogP contribution in [0.5, 0.6) is 0 Å². The van der Waals surface area contributed by atoms with Crippen LogP contribution < -0.4 is 0 Å². The molecule has 0 nitrogen and oxygen atoms in total. The fourth-order valence-corrected chi connectivity index (χ4v) is 0.688. The summed E-state index contributed by atoms with van der Waals surface area (Å²) >= 11 is 5.47. The van der Waals surface area contributed by atoms with E-state index >= 15 is 0 Å². The van der Waals surface area contributed by atoms with E-state index in [2.05, 4.69) is 11.6 Å². The van der Waals surface area contributed by atoms with E-state index in [0.717, 1.165) is 4.08 Å². The van der Waals surface area contributed by atoms with Crippen LogP contribution in [-0.4, -0.2) is 11.3 Å². The molecule has 0 radical (unpaired) electrons. The average Bonchev–Trinajstić information content (AvgIpc) is 1.61. The summed E-state index contributed by atoms with van der Waals surface area (Å²) in [6, 6.07) is 0. The Morgan fingerprint density at radius 2 is 1.60 bits per heavy atom. The molecular formula is C4H2ClF4I. The third-order valence-corrected chi connectivity index (χ3v) is 1.26. The van der Waals surface area contributed by atoms with Gasteiger partial charge in [0.1, 0.15) is 0 Å². The first-order valence-corrected chi connectivity index (χ1v) is 3.66. The van der Waals surface area contributed by atoms with E-state index < -0.39 is 11.3 Å². The summed E-state index contributed by atoms with van der Waals surface area (Å²) in [5.74, 6) is -4.27. The van der Waals surface area contributed by atoms with E-state index in [4.69, 9.17) is 0 Å². The minimum atomic E-state index is -4.51. The van der Waals surface area contributed by atoms with Gasteiger partial charge in [-0.25, -0.2) is 0 Å². The molecule has 0 atom stereocenters. The third-order valence-electron chi connectivity index (χ3n) is 0.650. The zero-order chi connectivity index (χ0) is 8.41. The van der Waals surface area contributed by atoms with Crippen LogP contribution in [0.25, 0.3) is 0 Å². The van der Waals surface area contributed by atoms with Crippen molar-refractivity contribution in [2.45, 2.75) is 11.3 Å². The van der Waals surface area contributed by atoms with E-state index in [1.165, 1.54) is 22.6 Å². The largest absolute Gasteiger partial charge is 0.387 e. The third kappa shape index (κ3) is 2.61. The molecule has 60 valence electrons. The Balaban J connectivity index is 4.40. The second-order valence-electron chi connectivity index (χ2n) is 1.41. The molecule has 10 heavy (non-hydrogen) atoms. The molecule has 0 bridgehead atoms. The van der Waals surface area contributed by atoms with Gasteiger partial charge in [-0.3, -0.25) is 0 Å². The molecule has 0 aliphatic carbocycles. The van der Waals surface area contributed by atoms with Gasteiger partial charge in [-0.1, -0.05) is 22.6 Å². The molecule has 0 aliphatic heterocycles. The number of hydrogen-bond donors (Lipinski definition) is 0. The van der Waals surface area contributed by atoms with Crippen LogP contribution >= 0.6 is 34.2 Å². The number of allylic oxidation sites excluding steroid dienone is 1. The van der Waals surface area contributed by atoms with Gasteiger partial charge in [0.15, 0.2) is 0 Å². The predicted molar refractivity (Wildman–Crippen MR) is 38.9 cm³/mol. The first kappa shape index (κ1) is 10.5. The first-order chi connectivity index (χ1) is 4.31. The molecular weight excluding hydrogens is 286 g/mol. The number of alkyl halides is 5. The molecule has 0 amide bonds. The Labute approximate surface area is 73.4 Å². The van der Waals surface area contributed by atoms with E-state index in [9.17, 15) is 17.6 Å². The molecule has 0 aromatic heterocycles. The van der Waals surface area contributed by atoms with Crippen molar-refractivity contribution >= 4 is 34.2 Å². The zero-order valence-electron chi connectivity index (χ0n) is 4.42. The van der Waals surface area contributed by atoms with Crippen molar-refractivity contribution in [2.75, 3.05) is 0 Å². The van der Waals surface area contributed by atoms with Crippen LogP contribution in [0, 0.1) is 0 Å². The van der Waals surface area contributed by atoms with Gasteiger partial charge >= 0.3 is 11.3 Å². The predicted octanol–water partition coefficient (Wildman–Crippen LogP) is 3.40. The lowest BCUT2D eigenvalue weighted by molar-refractivity contribution is -0.122. The minimum absolute atomic E-state index is 0.0422. The standard InChI is InChI=1S/C4H2ClF4I/c5-4(8,9)3(6,7)1-2-10/h1-2H. The molecule has 0 spiro atoms. The van der Waals surface area contributed by atoms with Crippen molar-refractivity contribution in [1.82, 2.24) is 0 Å². The van der Waals surface area contributed by atoms with E-state index in [-0.39, 0.29) is 6.08 Å². The van der Waals surface area contributed by atoms with Crippen LogP contribution in [0.1, 0.15) is 0 Å². The summed E-state index contributed by atoms with van der Waals surface area (Å²) in [6.45, 7) is 0. The maximum atomic E-state index is 12.0. The van der Waals surface area contributed by atoms with E-state index in [1.807, 2.05) is 0 Å². The lowest BCUT2D eigenvalue weighted by Gasteiger charge is -2.16. The molecule has 0 N–H and O–H groups in total. The second-order valence-corrected chi connectivity index (χ2v) is 2.61. The van der Waals surface area contributed by atoms with Gasteiger partial charge in [0.05, 0.1) is 0 Å². The van der Waals surface area contributed by atoms with Crippen LogP contribution in [0.4, 0.5) is 17.6 Å². The van der Waals surface area contributed by atoms with Crippen molar-refractivity contribution in [3.8, 4) is 0 Å². The number of halogens is 6. The van der Waals surface area contributed by atoms with Crippen LogP contribution in [-0.2, 0) is 0 Å². The first-order valence-electron chi connectivity index (χ1n) is 2.04. The molecule has 0 rings (SSSR count). The molecule has 0 saturated carbocycles. The Morgan fingerprint density at radius 3 is 1.70 bits per heavy atom.